The van der Waals surface area contributed by atoms with E-state index in [9.17, 15) is 35.9 Å². The van der Waals surface area contributed by atoms with Crippen LogP contribution in [0.5, 0.6) is 5.75 Å². The number of alkyl halides is 6. The van der Waals surface area contributed by atoms with Crippen molar-refractivity contribution in [3.05, 3.63) is 71.1 Å². The number of likely N-dealkylation sites (tertiary alicyclic amines) is 1. The molecule has 11 nitrogen and oxygen atoms in total. The van der Waals surface area contributed by atoms with E-state index >= 15 is 0 Å². The molecule has 2 heterocycles. The lowest BCUT2D eigenvalue weighted by atomic mass is 10.1. The van der Waals surface area contributed by atoms with Gasteiger partial charge in [-0.25, -0.2) is 9.59 Å². The molecule has 1 saturated heterocycles. The maximum atomic E-state index is 14.1. The molecule has 1 unspecified atom stereocenters. The fourth-order valence-corrected chi connectivity index (χ4v) is 4.92. The van der Waals surface area contributed by atoms with Crippen molar-refractivity contribution in [2.24, 2.45) is 4.99 Å². The van der Waals surface area contributed by atoms with Crippen molar-refractivity contribution in [1.82, 2.24) is 20.4 Å². The van der Waals surface area contributed by atoms with Gasteiger partial charge in [-0.05, 0) is 90.3 Å². The third kappa shape index (κ3) is 10.9. The monoisotopic (exact) mass is 725 g/mol. The summed E-state index contributed by atoms with van der Waals surface area (Å²) in [5, 5.41) is 6.34. The summed E-state index contributed by atoms with van der Waals surface area (Å²) in [6, 6.07) is 7.10. The van der Waals surface area contributed by atoms with Crippen molar-refractivity contribution in [3.8, 4) is 17.1 Å². The summed E-state index contributed by atoms with van der Waals surface area (Å²) in [4.78, 5) is 35.1. The zero-order chi connectivity index (χ0) is 37.8. The molecule has 0 aliphatic carbocycles. The Kier molecular flexibility index (Phi) is 11.4. The molecule has 0 radical (unpaired) electrons. The van der Waals surface area contributed by atoms with Gasteiger partial charge in [0, 0.05) is 12.1 Å². The number of aromatic nitrogens is 2. The molecule has 3 aromatic rings. The summed E-state index contributed by atoms with van der Waals surface area (Å²) < 4.78 is 104. The first-order chi connectivity index (χ1) is 23.6. The average molecular weight is 726 g/mol. The minimum Gasteiger partial charge on any atom is -0.489 e. The molecule has 276 valence electrons. The second-order valence-electron chi connectivity index (χ2n) is 13.4. The number of nitrogens with one attached hydrogen (secondary N) is 1. The van der Waals surface area contributed by atoms with E-state index in [-0.39, 0.29) is 35.3 Å². The molecular weight excluding hydrogens is 688 g/mol. The SMILES string of the molecule is CC(C)(C)OC(=O)N=C(NC(=O)OC(C)(C)C)N1CCCC1c1nc(-c2ccc(OC/C=C/c3ccccc3C(F)(F)F)c(C(F)(F)F)c2)no1. The number of hydrogen-bond acceptors (Lipinski definition) is 8. The van der Waals surface area contributed by atoms with Gasteiger partial charge >= 0.3 is 24.5 Å². The van der Waals surface area contributed by atoms with E-state index in [1.165, 1.54) is 35.2 Å². The lowest BCUT2D eigenvalue weighted by molar-refractivity contribution is -0.139. The second-order valence-corrected chi connectivity index (χ2v) is 13.4. The average Bonchev–Trinajstić information content (AvgIpc) is 3.67. The maximum Gasteiger partial charge on any atom is 0.437 e. The fourth-order valence-electron chi connectivity index (χ4n) is 4.92. The summed E-state index contributed by atoms with van der Waals surface area (Å²) in [6.07, 6.45) is -8.16. The number of benzene rings is 2. The molecule has 1 aromatic heterocycles. The smallest absolute Gasteiger partial charge is 0.437 e. The number of carbonyl (C=O) groups excluding carboxylic acids is 2. The molecule has 0 spiro atoms. The van der Waals surface area contributed by atoms with Crippen LogP contribution in [0.25, 0.3) is 17.5 Å². The number of aliphatic imine (C=N–C) groups is 1. The number of alkyl carbamates (subject to hydrolysis) is 1. The van der Waals surface area contributed by atoms with Crippen LogP contribution < -0.4 is 10.1 Å². The van der Waals surface area contributed by atoms with E-state index in [1.54, 1.807) is 41.5 Å². The molecule has 2 amide bonds. The molecule has 2 aromatic carbocycles. The molecule has 17 heteroatoms. The Morgan fingerprint density at radius 2 is 1.63 bits per heavy atom. The number of halogens is 6. The highest BCUT2D eigenvalue weighted by atomic mass is 19.4. The number of rotatable bonds is 6. The van der Waals surface area contributed by atoms with Gasteiger partial charge in [-0.1, -0.05) is 29.4 Å². The van der Waals surface area contributed by atoms with Crippen LogP contribution in [-0.2, 0) is 21.8 Å². The summed E-state index contributed by atoms with van der Waals surface area (Å²) in [6.45, 7) is 9.70. The van der Waals surface area contributed by atoms with Crippen LogP contribution in [0.4, 0.5) is 35.9 Å². The second kappa shape index (κ2) is 15.0. The van der Waals surface area contributed by atoms with Crippen molar-refractivity contribution in [3.63, 3.8) is 0 Å². The van der Waals surface area contributed by atoms with Crippen LogP contribution in [0.1, 0.15) is 83.0 Å². The zero-order valence-electron chi connectivity index (χ0n) is 28.6. The van der Waals surface area contributed by atoms with Crippen LogP contribution in [0.2, 0.25) is 0 Å². The van der Waals surface area contributed by atoms with E-state index in [1.807, 2.05) is 0 Å². The third-order valence-corrected chi connectivity index (χ3v) is 6.90. The Labute approximate surface area is 289 Å². The first-order valence-corrected chi connectivity index (χ1v) is 15.7. The number of nitrogens with zero attached hydrogens (tertiary/aromatic N) is 4. The summed E-state index contributed by atoms with van der Waals surface area (Å²) >= 11 is 0. The van der Waals surface area contributed by atoms with Gasteiger partial charge in [0.15, 0.2) is 0 Å². The Morgan fingerprint density at radius 1 is 0.961 bits per heavy atom. The van der Waals surface area contributed by atoms with Crippen LogP contribution in [0, 0.1) is 0 Å². The lowest BCUT2D eigenvalue weighted by Gasteiger charge is -2.27. The molecular formula is C34H37F6N5O6. The van der Waals surface area contributed by atoms with Gasteiger partial charge in [-0.2, -0.15) is 31.3 Å². The highest BCUT2D eigenvalue weighted by Gasteiger charge is 2.38. The van der Waals surface area contributed by atoms with Gasteiger partial charge in [-0.15, -0.1) is 4.99 Å². The minimum absolute atomic E-state index is 0.0245. The van der Waals surface area contributed by atoms with Gasteiger partial charge in [0.1, 0.15) is 29.6 Å². The molecule has 1 atom stereocenters. The van der Waals surface area contributed by atoms with Gasteiger partial charge in [0.2, 0.25) is 17.7 Å². The van der Waals surface area contributed by atoms with E-state index in [4.69, 9.17) is 18.7 Å². The highest BCUT2D eigenvalue weighted by molar-refractivity contribution is 5.99. The molecule has 4 rings (SSSR count). The van der Waals surface area contributed by atoms with Crippen LogP contribution >= 0.6 is 0 Å². The number of ether oxygens (including phenoxy) is 3. The van der Waals surface area contributed by atoms with Crippen molar-refractivity contribution in [2.75, 3.05) is 13.2 Å². The van der Waals surface area contributed by atoms with Crippen molar-refractivity contribution in [2.45, 2.75) is 84.0 Å². The molecule has 0 bridgehead atoms. The minimum atomic E-state index is -4.88. The van der Waals surface area contributed by atoms with E-state index in [2.05, 4.69) is 20.4 Å². The predicted octanol–water partition coefficient (Wildman–Crippen LogP) is 8.82. The number of guanidine groups is 1. The highest BCUT2D eigenvalue weighted by Crippen LogP contribution is 2.39. The third-order valence-electron chi connectivity index (χ3n) is 6.90. The number of amides is 2. The van der Waals surface area contributed by atoms with Crippen LogP contribution in [0.15, 0.2) is 58.1 Å². The first kappa shape index (κ1) is 38.7. The van der Waals surface area contributed by atoms with Crippen molar-refractivity contribution in [1.29, 1.82) is 0 Å². The quantitative estimate of drug-likeness (QED) is 0.151. The molecule has 1 aliphatic heterocycles. The summed E-state index contributed by atoms with van der Waals surface area (Å²) in [7, 11) is 0. The Morgan fingerprint density at radius 3 is 2.27 bits per heavy atom. The van der Waals surface area contributed by atoms with Crippen molar-refractivity contribution >= 4 is 24.2 Å². The largest absolute Gasteiger partial charge is 0.489 e. The van der Waals surface area contributed by atoms with Gasteiger partial charge < -0.3 is 23.6 Å². The molecule has 51 heavy (non-hydrogen) atoms. The van der Waals surface area contributed by atoms with Gasteiger partial charge in [0.05, 0.1) is 11.1 Å². The molecule has 1 N–H and O–H groups in total. The number of carbonyl (C=O) groups is 2. The first-order valence-electron chi connectivity index (χ1n) is 15.7. The van der Waals surface area contributed by atoms with Crippen LogP contribution in [0.3, 0.4) is 0 Å². The predicted molar refractivity (Wildman–Crippen MR) is 172 cm³/mol. The Balaban J connectivity index is 1.57. The fraction of sp³-hybridized carbons (Fsp3) is 0.441. The molecule has 1 fully saturated rings. The Hall–Kier alpha value is -5.09. The van der Waals surface area contributed by atoms with Crippen molar-refractivity contribution < 1.29 is 54.7 Å². The zero-order valence-corrected chi connectivity index (χ0v) is 28.6. The maximum absolute atomic E-state index is 14.1. The number of hydrogen-bond donors (Lipinski definition) is 1. The normalized spacial score (nSPS) is 16.0. The van der Waals surface area contributed by atoms with E-state index in [0.717, 1.165) is 24.3 Å². The molecule has 1 aliphatic rings. The van der Waals surface area contributed by atoms with E-state index in [0.29, 0.717) is 12.8 Å². The molecule has 0 saturated carbocycles. The summed E-state index contributed by atoms with van der Waals surface area (Å²) in [5.74, 6) is -0.994. The van der Waals surface area contributed by atoms with Gasteiger partial charge in [-0.3, -0.25) is 5.32 Å². The topological polar surface area (TPSA) is 128 Å². The van der Waals surface area contributed by atoms with Gasteiger partial charge in [0.25, 0.3) is 0 Å². The standard InChI is InChI=1S/C34H37F6N5O6/c1-31(2,3)49-29(46)42-28(43-30(47)50-32(4,5)6)45-17-9-14-24(45)27-41-26(44-51-27)21-15-16-25(23(19-21)34(38,39)40)48-18-10-12-20-11-7-8-13-22(20)33(35,36)37/h7-8,10-13,15-16,19,24H,9,14,17-18H2,1-6H3,(H,42,43,46,47)/b12-10+. The summed E-state index contributed by atoms with van der Waals surface area (Å²) in [5.41, 5.74) is -4.07. The van der Waals surface area contributed by atoms with E-state index < -0.39 is 65.3 Å². The lowest BCUT2D eigenvalue weighted by Crippen LogP contribution is -2.46. The Bertz CT molecular complexity index is 1770. The van der Waals surface area contributed by atoms with Crippen LogP contribution in [-0.4, -0.2) is 57.5 Å².